The van der Waals surface area contributed by atoms with E-state index in [1.54, 1.807) is 0 Å². The fourth-order valence-electron chi connectivity index (χ4n) is 10.00. The molecule has 0 saturated carbocycles. The molecular weight excluding hydrogens is 771 g/mol. The minimum absolute atomic E-state index is 0.572. The summed E-state index contributed by atoms with van der Waals surface area (Å²) in [6, 6.07) is 78.1. The van der Waals surface area contributed by atoms with Gasteiger partial charge in [-0.15, -0.1) is 0 Å². The molecule has 0 saturated heterocycles. The van der Waals surface area contributed by atoms with Crippen LogP contribution in [0.2, 0.25) is 0 Å². The Bertz CT molecular complexity index is 3360. The van der Waals surface area contributed by atoms with Crippen molar-refractivity contribution in [2.24, 2.45) is 0 Å². The van der Waals surface area contributed by atoms with E-state index in [2.05, 4.69) is 182 Å². The van der Waals surface area contributed by atoms with Gasteiger partial charge in [0.15, 0.2) is 5.82 Å². The number of rotatable bonds is 5. The highest BCUT2D eigenvalue weighted by molar-refractivity contribution is 7.99. The van der Waals surface area contributed by atoms with Crippen molar-refractivity contribution >= 4 is 22.5 Å². The Morgan fingerprint density at radius 2 is 0.903 bits per heavy atom. The maximum atomic E-state index is 10.2. The summed E-state index contributed by atoms with van der Waals surface area (Å²) in [5.74, 6) is 0.690. The predicted octanol–water partition coefficient (Wildman–Crippen LogP) is 14.7. The third kappa shape index (κ3) is 5.46. The number of aromatic nitrogens is 2. The number of benzene rings is 9. The molecule has 10 aromatic rings. The Morgan fingerprint density at radius 1 is 0.387 bits per heavy atom. The molecule has 9 aromatic carbocycles. The minimum atomic E-state index is -0.572. The van der Waals surface area contributed by atoms with Crippen molar-refractivity contribution in [1.82, 2.24) is 9.97 Å². The maximum absolute atomic E-state index is 10.2. The Balaban J connectivity index is 1.14. The molecule has 0 fully saturated rings. The topological polar surface area (TPSA) is 49.6 Å². The summed E-state index contributed by atoms with van der Waals surface area (Å²) in [6.07, 6.45) is 0. The molecule has 62 heavy (non-hydrogen) atoms. The van der Waals surface area contributed by atoms with Crippen LogP contribution in [0.15, 0.2) is 222 Å². The van der Waals surface area contributed by atoms with Crippen molar-refractivity contribution in [3.05, 3.63) is 240 Å². The van der Waals surface area contributed by atoms with Crippen molar-refractivity contribution in [3.8, 4) is 73.4 Å². The van der Waals surface area contributed by atoms with Crippen molar-refractivity contribution in [2.75, 3.05) is 0 Å². The van der Waals surface area contributed by atoms with Crippen molar-refractivity contribution < 1.29 is 0 Å². The van der Waals surface area contributed by atoms with Crippen LogP contribution in [0.5, 0.6) is 0 Å². The van der Waals surface area contributed by atoms with Crippen LogP contribution in [0.4, 0.5) is 0 Å². The molecule has 1 aromatic heterocycles. The minimum Gasteiger partial charge on any atom is -0.228 e. The van der Waals surface area contributed by atoms with Gasteiger partial charge in [0.05, 0.1) is 28.4 Å². The molecule has 0 bridgehead atoms. The molecule has 12 rings (SSSR count). The van der Waals surface area contributed by atoms with Crippen LogP contribution >= 0.6 is 11.8 Å². The Kier molecular flexibility index (Phi) is 8.38. The molecule has 2 aliphatic rings. The van der Waals surface area contributed by atoms with Gasteiger partial charge in [-0.2, -0.15) is 5.26 Å². The third-order valence-corrected chi connectivity index (χ3v) is 13.8. The molecule has 0 amide bonds. The first kappa shape index (κ1) is 36.0. The van der Waals surface area contributed by atoms with Gasteiger partial charge >= 0.3 is 0 Å². The van der Waals surface area contributed by atoms with Crippen molar-refractivity contribution in [1.29, 1.82) is 5.26 Å². The van der Waals surface area contributed by atoms with E-state index in [4.69, 9.17) is 9.97 Å². The summed E-state index contributed by atoms with van der Waals surface area (Å²) in [7, 11) is 0. The van der Waals surface area contributed by atoms with E-state index in [1.165, 1.54) is 43.2 Å². The number of hydrogen-bond acceptors (Lipinski definition) is 4. The Hall–Kier alpha value is -7.84. The zero-order chi connectivity index (χ0) is 41.2. The molecule has 1 aliphatic heterocycles. The largest absolute Gasteiger partial charge is 0.228 e. The molecule has 0 radical (unpaired) electrons. The fourth-order valence-corrected chi connectivity index (χ4v) is 11.2. The van der Waals surface area contributed by atoms with Crippen molar-refractivity contribution in [3.63, 3.8) is 0 Å². The molecule has 288 valence electrons. The number of hydrogen-bond donors (Lipinski definition) is 0. The summed E-state index contributed by atoms with van der Waals surface area (Å²) < 4.78 is 0. The number of nitriles is 1. The zero-order valence-corrected chi connectivity index (χ0v) is 34.3. The smallest absolute Gasteiger partial charge is 0.160 e. The summed E-state index contributed by atoms with van der Waals surface area (Å²) in [5.41, 5.74) is 16.9. The van der Waals surface area contributed by atoms with E-state index in [9.17, 15) is 5.26 Å². The van der Waals surface area contributed by atoms with Gasteiger partial charge in [-0.25, -0.2) is 9.97 Å². The highest BCUT2D eigenvalue weighted by atomic mass is 32.2. The van der Waals surface area contributed by atoms with E-state index < -0.39 is 5.41 Å². The predicted molar refractivity (Wildman–Crippen MR) is 253 cm³/mol. The SMILES string of the molecule is N#Cc1ccc(-c2cccc3c2-c2c(-c4cccc(-c5cc(-c6ccccc6)nc(-c6ccccc6)n5)c4)cccc2C32c3ccccc3Sc3ccccc32)c2ccccc12. The van der Waals surface area contributed by atoms with Gasteiger partial charge < -0.3 is 0 Å². The van der Waals surface area contributed by atoms with Gasteiger partial charge in [0.25, 0.3) is 0 Å². The molecule has 3 nitrogen and oxygen atoms in total. The van der Waals surface area contributed by atoms with E-state index in [0.29, 0.717) is 11.4 Å². The van der Waals surface area contributed by atoms with Gasteiger partial charge in [0, 0.05) is 31.9 Å². The van der Waals surface area contributed by atoms with Gasteiger partial charge in [0.1, 0.15) is 0 Å². The van der Waals surface area contributed by atoms with Crippen LogP contribution in [-0.2, 0) is 5.41 Å². The highest BCUT2D eigenvalue weighted by Crippen LogP contribution is 2.65. The fraction of sp³-hybridized carbons (Fsp3) is 0.0172. The molecule has 0 atom stereocenters. The second-order valence-corrected chi connectivity index (χ2v) is 17.0. The van der Waals surface area contributed by atoms with Gasteiger partial charge in [-0.3, -0.25) is 0 Å². The molecule has 1 aliphatic carbocycles. The summed E-state index contributed by atoms with van der Waals surface area (Å²) in [4.78, 5) is 12.8. The molecular formula is C58H35N3S. The van der Waals surface area contributed by atoms with E-state index in [-0.39, 0.29) is 0 Å². The third-order valence-electron chi connectivity index (χ3n) is 12.6. The van der Waals surface area contributed by atoms with Crippen molar-refractivity contribution in [2.45, 2.75) is 15.2 Å². The molecule has 0 unspecified atom stereocenters. The quantitative estimate of drug-likeness (QED) is 0.174. The van der Waals surface area contributed by atoms with Gasteiger partial charge in [-0.05, 0) is 91.4 Å². The zero-order valence-electron chi connectivity index (χ0n) is 33.5. The first-order chi connectivity index (χ1) is 30.7. The first-order valence-corrected chi connectivity index (χ1v) is 21.7. The number of fused-ring (bicyclic) bond motifs is 10. The lowest BCUT2D eigenvalue weighted by atomic mass is 9.67. The lowest BCUT2D eigenvalue weighted by molar-refractivity contribution is 0.722. The van der Waals surface area contributed by atoms with Gasteiger partial charge in [-0.1, -0.05) is 194 Å². The second-order valence-electron chi connectivity index (χ2n) is 15.9. The summed E-state index contributed by atoms with van der Waals surface area (Å²) in [6.45, 7) is 0. The molecule has 1 spiro atoms. The van der Waals surface area contributed by atoms with Crippen LogP contribution in [-0.4, -0.2) is 9.97 Å². The molecule has 0 N–H and O–H groups in total. The van der Waals surface area contributed by atoms with Crippen LogP contribution in [0.25, 0.3) is 78.1 Å². The van der Waals surface area contributed by atoms with Crippen LogP contribution in [0.3, 0.4) is 0 Å². The summed E-state index contributed by atoms with van der Waals surface area (Å²) in [5, 5.41) is 12.2. The normalized spacial score (nSPS) is 12.9. The standard InChI is InChI=1S/C58H35N3S/c59-36-41-32-33-45(44-23-8-7-22-42(41)44)46-25-15-29-50-56(46)55-43(24-14-28-49(55)58(50)47-26-9-11-30-53(47)62-54-31-12-10-27-48(54)58)39-20-13-21-40(34-39)52-35-51(37-16-3-1-4-17-37)60-57(61-52)38-18-5-2-6-19-38/h1-35H. The first-order valence-electron chi connectivity index (χ1n) is 20.9. The lowest BCUT2D eigenvalue weighted by Gasteiger charge is -2.39. The van der Waals surface area contributed by atoms with E-state index in [0.717, 1.165) is 61.1 Å². The van der Waals surface area contributed by atoms with Crippen LogP contribution < -0.4 is 0 Å². The Morgan fingerprint density at radius 3 is 1.60 bits per heavy atom. The Labute approximate surface area is 364 Å². The van der Waals surface area contributed by atoms with E-state index >= 15 is 0 Å². The van der Waals surface area contributed by atoms with E-state index in [1.807, 2.05) is 48.2 Å². The summed E-state index contributed by atoms with van der Waals surface area (Å²) >= 11 is 1.86. The average molecular weight is 806 g/mol. The molecule has 2 heterocycles. The lowest BCUT2D eigenvalue weighted by Crippen LogP contribution is -2.31. The number of nitrogens with zero attached hydrogens (tertiary/aromatic N) is 3. The average Bonchev–Trinajstić information content (AvgIpc) is 3.65. The molecule has 4 heteroatoms. The van der Waals surface area contributed by atoms with Crippen LogP contribution in [0, 0.1) is 11.3 Å². The monoisotopic (exact) mass is 805 g/mol. The maximum Gasteiger partial charge on any atom is 0.160 e. The highest BCUT2D eigenvalue weighted by Gasteiger charge is 2.51. The van der Waals surface area contributed by atoms with Crippen LogP contribution in [0.1, 0.15) is 27.8 Å². The van der Waals surface area contributed by atoms with Gasteiger partial charge in [0.2, 0.25) is 0 Å². The second kappa shape index (κ2) is 14.4.